The molecule has 0 bridgehead atoms. The number of nitrogens with two attached hydrogens (primary N) is 1. The molecule has 2 atom stereocenters. The second-order valence-corrected chi connectivity index (χ2v) is 13.7. The van der Waals surface area contributed by atoms with Gasteiger partial charge < -0.3 is 14.6 Å². The van der Waals surface area contributed by atoms with Gasteiger partial charge in [0, 0.05) is 33.1 Å². The average molecular weight is 698 g/mol. The first kappa shape index (κ1) is 31.9. The third-order valence-electron chi connectivity index (χ3n) is 10.4. The highest BCUT2D eigenvalue weighted by Crippen LogP contribution is 2.40. The zero-order valence-electron chi connectivity index (χ0n) is 29.3. The molecule has 0 radical (unpaired) electrons. The first-order chi connectivity index (χ1) is 26.7. The largest absolute Gasteiger partial charge is 0.456 e. The number of fused-ring (bicyclic) bond motifs is 8. The van der Waals surface area contributed by atoms with E-state index < -0.39 is 12.3 Å². The Hall–Kier alpha value is -6.79. The lowest BCUT2D eigenvalue weighted by Gasteiger charge is -2.21. The summed E-state index contributed by atoms with van der Waals surface area (Å²) in [5.41, 5.74) is 17.8. The molecule has 2 unspecified atom stereocenters. The van der Waals surface area contributed by atoms with Crippen molar-refractivity contribution >= 4 is 60.9 Å². The summed E-state index contributed by atoms with van der Waals surface area (Å²) in [5, 5.41) is 10.1. The second kappa shape index (κ2) is 13.3. The van der Waals surface area contributed by atoms with Gasteiger partial charge in [0.1, 0.15) is 28.5 Å². The number of hydrogen-bond acceptors (Lipinski definition) is 5. The molecule has 0 amide bonds. The van der Waals surface area contributed by atoms with Gasteiger partial charge >= 0.3 is 0 Å². The van der Waals surface area contributed by atoms with Crippen molar-refractivity contribution in [3.63, 3.8) is 0 Å². The molecular weight excluding hydrogens is 663 g/mol. The predicted molar refractivity (Wildman–Crippen MR) is 223 cm³/mol. The van der Waals surface area contributed by atoms with Gasteiger partial charge in [-0.15, -0.1) is 0 Å². The van der Waals surface area contributed by atoms with Crippen molar-refractivity contribution in [2.75, 3.05) is 0 Å². The first-order valence-corrected chi connectivity index (χ1v) is 18.2. The third kappa shape index (κ3) is 5.73. The van der Waals surface area contributed by atoms with Gasteiger partial charge in [0.15, 0.2) is 0 Å². The number of rotatable bonds is 8. The Morgan fingerprint density at radius 3 is 1.89 bits per heavy atom. The van der Waals surface area contributed by atoms with Crippen LogP contribution in [0.5, 0.6) is 0 Å². The van der Waals surface area contributed by atoms with Gasteiger partial charge in [-0.25, -0.2) is 0 Å². The zero-order valence-corrected chi connectivity index (χ0v) is 29.3. The summed E-state index contributed by atoms with van der Waals surface area (Å²) in [6.07, 6.45) is 0.900. The highest BCUT2D eigenvalue weighted by molar-refractivity contribution is 6.19. The maximum Gasteiger partial charge on any atom is 0.143 e. The number of benzene rings is 8. The fraction of sp³-hybridized carbons (Fsp3) is 0.0408. The maximum absolute atomic E-state index is 7.02. The fourth-order valence-corrected chi connectivity index (χ4v) is 7.63. The van der Waals surface area contributed by atoms with Gasteiger partial charge in [-0.2, -0.15) is 0 Å². The van der Waals surface area contributed by atoms with E-state index in [4.69, 9.17) is 19.6 Å². The van der Waals surface area contributed by atoms with Gasteiger partial charge in [0.25, 0.3) is 0 Å². The Morgan fingerprint density at radius 1 is 0.463 bits per heavy atom. The molecule has 0 fully saturated rings. The minimum Gasteiger partial charge on any atom is -0.456 e. The van der Waals surface area contributed by atoms with E-state index in [0.29, 0.717) is 0 Å². The van der Waals surface area contributed by atoms with E-state index in [1.807, 2.05) is 60.8 Å². The molecule has 0 saturated carbocycles. The van der Waals surface area contributed by atoms with Gasteiger partial charge in [-0.1, -0.05) is 140 Å². The van der Waals surface area contributed by atoms with E-state index in [-0.39, 0.29) is 0 Å². The van der Waals surface area contributed by atoms with Gasteiger partial charge in [0.2, 0.25) is 0 Å². The monoisotopic (exact) mass is 697 g/mol. The van der Waals surface area contributed by atoms with Crippen LogP contribution in [0.3, 0.4) is 0 Å². The van der Waals surface area contributed by atoms with Crippen LogP contribution in [-0.4, -0.2) is 6.21 Å². The number of furan rings is 2. The Morgan fingerprint density at radius 2 is 1.11 bits per heavy atom. The lowest BCUT2D eigenvalue weighted by Crippen LogP contribution is -2.31. The standard InChI is InChI=1S/C49H35N3O2/c50-48(35-22-25-44-42(26-35)43-29-41(33-16-8-3-9-17-33)37-18-10-11-19-40(37)47(43)54-44)52-49(51-30-31-12-4-1-5-13-31)36-21-24-39-38-23-20-34(32-14-6-2-7-15-32)27-45(38)53-46(39)28-36/h1-30,48-49,52H,50H2. The van der Waals surface area contributed by atoms with Crippen LogP contribution in [0, 0.1) is 0 Å². The molecule has 10 rings (SSSR count). The number of hydrogen-bond donors (Lipinski definition) is 2. The van der Waals surface area contributed by atoms with Crippen molar-refractivity contribution in [2.24, 2.45) is 10.7 Å². The van der Waals surface area contributed by atoms with Crippen LogP contribution in [0.1, 0.15) is 29.0 Å². The number of nitrogens with one attached hydrogen (secondary N) is 1. The Kier molecular flexibility index (Phi) is 7.87. The summed E-state index contributed by atoms with van der Waals surface area (Å²) >= 11 is 0. The van der Waals surface area contributed by atoms with Crippen molar-refractivity contribution in [1.29, 1.82) is 0 Å². The minimum absolute atomic E-state index is 0.455. The van der Waals surface area contributed by atoms with Gasteiger partial charge in [0.05, 0.1) is 6.17 Å². The van der Waals surface area contributed by atoms with Crippen LogP contribution in [0.2, 0.25) is 0 Å². The highest BCUT2D eigenvalue weighted by Gasteiger charge is 2.20. The fourth-order valence-electron chi connectivity index (χ4n) is 7.63. The lowest BCUT2D eigenvalue weighted by atomic mass is 9.95. The molecule has 2 aromatic heterocycles. The van der Waals surface area contributed by atoms with Crippen LogP contribution in [0.25, 0.3) is 76.9 Å². The van der Waals surface area contributed by atoms with Crippen LogP contribution in [0.4, 0.5) is 0 Å². The summed E-state index contributed by atoms with van der Waals surface area (Å²) in [7, 11) is 0. The average Bonchev–Trinajstić information content (AvgIpc) is 3.80. The summed E-state index contributed by atoms with van der Waals surface area (Å²) < 4.78 is 13.0. The Balaban J connectivity index is 1.03. The van der Waals surface area contributed by atoms with Crippen LogP contribution in [-0.2, 0) is 0 Å². The van der Waals surface area contributed by atoms with Crippen LogP contribution < -0.4 is 11.1 Å². The molecule has 54 heavy (non-hydrogen) atoms. The SMILES string of the molecule is NC(NC(N=Cc1ccccc1)c1ccc2c(c1)oc1cc(-c3ccccc3)ccc12)c1ccc2oc3c4ccccc4c(-c4ccccc4)cc3c2c1. The van der Waals surface area contributed by atoms with E-state index in [0.717, 1.165) is 88.0 Å². The molecule has 5 nitrogen and oxygen atoms in total. The summed E-state index contributed by atoms with van der Waals surface area (Å²) in [4.78, 5) is 5.05. The number of aliphatic imine (C=N–C) groups is 1. The summed E-state index contributed by atoms with van der Waals surface area (Å²) in [5.74, 6) is 0. The molecule has 8 aromatic carbocycles. The lowest BCUT2D eigenvalue weighted by molar-refractivity contribution is 0.467. The Bertz CT molecular complexity index is 2980. The molecule has 0 saturated heterocycles. The topological polar surface area (TPSA) is 76.7 Å². The van der Waals surface area contributed by atoms with Gasteiger partial charge in [-0.3, -0.25) is 10.3 Å². The minimum atomic E-state index is -0.536. The van der Waals surface area contributed by atoms with Crippen molar-refractivity contribution in [3.05, 3.63) is 193 Å². The summed E-state index contributed by atoms with van der Waals surface area (Å²) in [6.45, 7) is 0. The zero-order chi connectivity index (χ0) is 36.0. The van der Waals surface area contributed by atoms with E-state index in [9.17, 15) is 0 Å². The van der Waals surface area contributed by atoms with Gasteiger partial charge in [-0.05, 0) is 80.7 Å². The molecule has 0 spiro atoms. The quantitative estimate of drug-likeness (QED) is 0.122. The van der Waals surface area contributed by atoms with E-state index in [1.54, 1.807) is 0 Å². The summed E-state index contributed by atoms with van der Waals surface area (Å²) in [6, 6.07) is 60.6. The molecule has 258 valence electrons. The van der Waals surface area contributed by atoms with E-state index in [1.165, 1.54) is 5.56 Å². The van der Waals surface area contributed by atoms with E-state index in [2.05, 4.69) is 127 Å². The van der Waals surface area contributed by atoms with Crippen molar-refractivity contribution in [2.45, 2.75) is 12.3 Å². The van der Waals surface area contributed by atoms with Crippen LogP contribution in [0.15, 0.2) is 190 Å². The third-order valence-corrected chi connectivity index (χ3v) is 10.4. The first-order valence-electron chi connectivity index (χ1n) is 18.2. The predicted octanol–water partition coefficient (Wildman–Crippen LogP) is 12.3. The molecule has 0 aliphatic carbocycles. The molecule has 2 heterocycles. The van der Waals surface area contributed by atoms with Crippen molar-refractivity contribution in [3.8, 4) is 22.3 Å². The molecule has 10 aromatic rings. The Labute approximate surface area is 312 Å². The smallest absolute Gasteiger partial charge is 0.143 e. The molecule has 3 N–H and O–H groups in total. The van der Waals surface area contributed by atoms with Crippen LogP contribution >= 0.6 is 0 Å². The van der Waals surface area contributed by atoms with E-state index >= 15 is 0 Å². The van der Waals surface area contributed by atoms with Crippen molar-refractivity contribution in [1.82, 2.24) is 5.32 Å². The second-order valence-electron chi connectivity index (χ2n) is 13.7. The molecule has 5 heteroatoms. The molecule has 0 aliphatic rings. The molecular formula is C49H35N3O2. The highest BCUT2D eigenvalue weighted by atomic mass is 16.3. The molecule has 0 aliphatic heterocycles. The normalized spacial score (nSPS) is 13.1. The van der Waals surface area contributed by atoms with Crippen molar-refractivity contribution < 1.29 is 8.83 Å². The maximum atomic E-state index is 7.02. The number of nitrogens with zero attached hydrogens (tertiary/aromatic N) is 1.